The molecule has 0 radical (unpaired) electrons. The molecule has 1 heterocycles. The lowest BCUT2D eigenvalue weighted by atomic mass is 10.1. The lowest BCUT2D eigenvalue weighted by Gasteiger charge is -2.36. The monoisotopic (exact) mass is 288 g/mol. The van der Waals surface area contributed by atoms with Crippen molar-refractivity contribution in [2.24, 2.45) is 0 Å². The van der Waals surface area contributed by atoms with Crippen molar-refractivity contribution >= 4 is 5.97 Å². The van der Waals surface area contributed by atoms with Gasteiger partial charge in [-0.3, -0.25) is 14.6 Å². The molecular weight excluding hydrogens is 264 g/mol. The number of hydrogen-bond donors (Lipinski definition) is 1. The molecule has 114 valence electrons. The van der Waals surface area contributed by atoms with Crippen LogP contribution >= 0.6 is 0 Å². The van der Waals surface area contributed by atoms with Gasteiger partial charge in [0.25, 0.3) is 0 Å². The molecule has 2 fully saturated rings. The van der Waals surface area contributed by atoms with E-state index < -0.39 is 5.97 Å². The van der Waals surface area contributed by atoms with Crippen LogP contribution in [0, 0.1) is 0 Å². The maximum absolute atomic E-state index is 11.0. The summed E-state index contributed by atoms with van der Waals surface area (Å²) in [4.78, 5) is 15.5. The van der Waals surface area contributed by atoms with Crippen LogP contribution in [0.2, 0.25) is 0 Å². The van der Waals surface area contributed by atoms with E-state index in [0.29, 0.717) is 0 Å². The standard InChI is InChI=1S/C17H24N2O2/c1-13(17(20)21)19-10-8-18(9-11-19)12-14-2-4-15(5-3-14)16-6-7-16/h2-5,13,16H,6-12H2,1H3,(H,20,21). The molecule has 0 spiro atoms. The zero-order chi connectivity index (χ0) is 14.8. The van der Waals surface area contributed by atoms with Crippen molar-refractivity contribution in [1.82, 2.24) is 9.80 Å². The van der Waals surface area contributed by atoms with Crippen LogP contribution in [0.5, 0.6) is 0 Å². The molecule has 1 atom stereocenters. The summed E-state index contributed by atoms with van der Waals surface area (Å²) in [5.74, 6) is 0.0965. The molecule has 1 aromatic carbocycles. The lowest BCUT2D eigenvalue weighted by molar-refractivity contribution is -0.143. The number of carboxylic acid groups (broad SMARTS) is 1. The van der Waals surface area contributed by atoms with Crippen molar-refractivity contribution in [3.8, 4) is 0 Å². The molecule has 1 unspecified atom stereocenters. The minimum absolute atomic E-state index is 0.370. The number of nitrogens with zero attached hydrogens (tertiary/aromatic N) is 2. The van der Waals surface area contributed by atoms with Gasteiger partial charge in [0.1, 0.15) is 6.04 Å². The SMILES string of the molecule is CC(C(=O)O)N1CCN(Cc2ccc(C3CC3)cc2)CC1. The Morgan fingerprint density at radius 2 is 1.81 bits per heavy atom. The Kier molecular flexibility index (Phi) is 4.27. The van der Waals surface area contributed by atoms with E-state index in [9.17, 15) is 4.79 Å². The minimum Gasteiger partial charge on any atom is -0.480 e. The zero-order valence-electron chi connectivity index (χ0n) is 12.7. The van der Waals surface area contributed by atoms with E-state index in [1.54, 1.807) is 6.92 Å². The third-order valence-electron chi connectivity index (χ3n) is 4.75. The first-order valence-electron chi connectivity index (χ1n) is 7.91. The topological polar surface area (TPSA) is 43.8 Å². The summed E-state index contributed by atoms with van der Waals surface area (Å²) in [5.41, 5.74) is 2.85. The minimum atomic E-state index is -0.723. The quantitative estimate of drug-likeness (QED) is 0.901. The third kappa shape index (κ3) is 3.63. The van der Waals surface area contributed by atoms with E-state index >= 15 is 0 Å². The van der Waals surface area contributed by atoms with Gasteiger partial charge in [-0.25, -0.2) is 0 Å². The largest absolute Gasteiger partial charge is 0.480 e. The van der Waals surface area contributed by atoms with E-state index in [-0.39, 0.29) is 6.04 Å². The predicted octanol–water partition coefficient (Wildman–Crippen LogP) is 2.15. The van der Waals surface area contributed by atoms with Crippen LogP contribution in [0.4, 0.5) is 0 Å². The summed E-state index contributed by atoms with van der Waals surface area (Å²) < 4.78 is 0. The Morgan fingerprint density at radius 3 is 2.33 bits per heavy atom. The molecule has 1 aliphatic carbocycles. The fourth-order valence-electron chi connectivity index (χ4n) is 3.04. The number of piperazine rings is 1. The van der Waals surface area contributed by atoms with Crippen LogP contribution in [0.15, 0.2) is 24.3 Å². The lowest BCUT2D eigenvalue weighted by Crippen LogP contribution is -2.51. The second-order valence-electron chi connectivity index (χ2n) is 6.34. The summed E-state index contributed by atoms with van der Waals surface area (Å²) >= 11 is 0. The molecular formula is C17H24N2O2. The second-order valence-corrected chi connectivity index (χ2v) is 6.34. The average Bonchev–Trinajstić information content (AvgIpc) is 3.33. The van der Waals surface area contributed by atoms with Gasteiger partial charge >= 0.3 is 5.97 Å². The van der Waals surface area contributed by atoms with Gasteiger partial charge in [0.05, 0.1) is 0 Å². The van der Waals surface area contributed by atoms with Crippen molar-refractivity contribution < 1.29 is 9.90 Å². The highest BCUT2D eigenvalue weighted by molar-refractivity contribution is 5.72. The first-order chi connectivity index (χ1) is 10.1. The Morgan fingerprint density at radius 1 is 1.19 bits per heavy atom. The number of carboxylic acids is 1. The fraction of sp³-hybridized carbons (Fsp3) is 0.588. The highest BCUT2D eigenvalue weighted by Gasteiger charge is 2.25. The number of benzene rings is 1. The van der Waals surface area contributed by atoms with Crippen LogP contribution in [0.1, 0.15) is 36.8 Å². The smallest absolute Gasteiger partial charge is 0.320 e. The van der Waals surface area contributed by atoms with Crippen LogP contribution in [0.25, 0.3) is 0 Å². The number of rotatable bonds is 5. The number of aliphatic carboxylic acids is 1. The summed E-state index contributed by atoms with van der Waals surface area (Å²) in [5, 5.41) is 9.06. The van der Waals surface area contributed by atoms with Gasteiger partial charge in [0, 0.05) is 32.7 Å². The summed E-state index contributed by atoms with van der Waals surface area (Å²) in [6.07, 6.45) is 2.70. The van der Waals surface area contributed by atoms with E-state index in [1.807, 2.05) is 0 Å². The molecule has 0 amide bonds. The van der Waals surface area contributed by atoms with Gasteiger partial charge in [-0.2, -0.15) is 0 Å². The van der Waals surface area contributed by atoms with Crippen molar-refractivity contribution in [3.63, 3.8) is 0 Å². The Labute approximate surface area is 126 Å². The van der Waals surface area contributed by atoms with Crippen molar-refractivity contribution in [3.05, 3.63) is 35.4 Å². The number of hydrogen-bond acceptors (Lipinski definition) is 3. The van der Waals surface area contributed by atoms with E-state index in [0.717, 1.165) is 38.6 Å². The van der Waals surface area contributed by atoms with E-state index in [2.05, 4.69) is 34.1 Å². The third-order valence-corrected chi connectivity index (χ3v) is 4.75. The van der Waals surface area contributed by atoms with Crippen LogP contribution in [0.3, 0.4) is 0 Å². The highest BCUT2D eigenvalue weighted by Crippen LogP contribution is 2.39. The van der Waals surface area contributed by atoms with Gasteiger partial charge < -0.3 is 5.11 Å². The van der Waals surface area contributed by atoms with Gasteiger partial charge in [-0.05, 0) is 36.8 Å². The molecule has 0 aromatic heterocycles. The molecule has 2 aliphatic rings. The van der Waals surface area contributed by atoms with Gasteiger partial charge in [-0.15, -0.1) is 0 Å². The maximum atomic E-state index is 11.0. The summed E-state index contributed by atoms with van der Waals surface area (Å²) in [7, 11) is 0. The van der Waals surface area contributed by atoms with Gasteiger partial charge in [0.15, 0.2) is 0 Å². The summed E-state index contributed by atoms with van der Waals surface area (Å²) in [6, 6.07) is 8.68. The molecule has 1 aromatic rings. The maximum Gasteiger partial charge on any atom is 0.320 e. The molecule has 0 bridgehead atoms. The van der Waals surface area contributed by atoms with Crippen molar-refractivity contribution in [2.45, 2.75) is 38.3 Å². The predicted molar refractivity (Wildman–Crippen MR) is 82.4 cm³/mol. The molecule has 1 saturated carbocycles. The summed E-state index contributed by atoms with van der Waals surface area (Å²) in [6.45, 7) is 6.32. The van der Waals surface area contributed by atoms with E-state index in [1.165, 1.54) is 24.0 Å². The molecule has 1 N–H and O–H groups in total. The average molecular weight is 288 g/mol. The van der Waals surface area contributed by atoms with Crippen LogP contribution in [-0.2, 0) is 11.3 Å². The first-order valence-corrected chi connectivity index (χ1v) is 7.91. The molecule has 4 heteroatoms. The van der Waals surface area contributed by atoms with Crippen molar-refractivity contribution in [2.75, 3.05) is 26.2 Å². The highest BCUT2D eigenvalue weighted by atomic mass is 16.4. The Hall–Kier alpha value is -1.39. The molecule has 3 rings (SSSR count). The van der Waals surface area contributed by atoms with Crippen LogP contribution in [-0.4, -0.2) is 53.1 Å². The Bertz CT molecular complexity index is 488. The van der Waals surface area contributed by atoms with Gasteiger partial charge in [-0.1, -0.05) is 24.3 Å². The van der Waals surface area contributed by atoms with Crippen molar-refractivity contribution in [1.29, 1.82) is 0 Å². The van der Waals surface area contributed by atoms with Crippen LogP contribution < -0.4 is 0 Å². The van der Waals surface area contributed by atoms with E-state index in [4.69, 9.17) is 5.11 Å². The normalized spacial score (nSPS) is 22.1. The second kappa shape index (κ2) is 6.16. The Balaban J connectivity index is 1.49. The molecule has 4 nitrogen and oxygen atoms in total. The first kappa shape index (κ1) is 14.5. The van der Waals surface area contributed by atoms with Gasteiger partial charge in [0.2, 0.25) is 0 Å². The fourth-order valence-corrected chi connectivity index (χ4v) is 3.04. The molecule has 1 saturated heterocycles. The number of carbonyl (C=O) groups is 1. The molecule has 1 aliphatic heterocycles. The molecule has 21 heavy (non-hydrogen) atoms. The zero-order valence-corrected chi connectivity index (χ0v) is 12.7.